The number of carbonyl (C=O) groups excluding carboxylic acids is 2. The Labute approximate surface area is 146 Å². The molecule has 7 nitrogen and oxygen atoms in total. The number of fused-ring (bicyclic) bond motifs is 1. The van der Waals surface area contributed by atoms with Crippen LogP contribution in [0.15, 0.2) is 23.1 Å². The van der Waals surface area contributed by atoms with Crippen LogP contribution in [-0.2, 0) is 24.7 Å². The van der Waals surface area contributed by atoms with Crippen molar-refractivity contribution in [2.45, 2.75) is 38.1 Å². The first-order valence-corrected chi connectivity index (χ1v) is 8.67. The molecule has 1 aliphatic carbocycles. The van der Waals surface area contributed by atoms with E-state index in [4.69, 9.17) is 4.42 Å². The second-order valence-electron chi connectivity index (χ2n) is 6.94. The summed E-state index contributed by atoms with van der Waals surface area (Å²) in [5, 5.41) is 2.97. The van der Waals surface area contributed by atoms with Crippen LogP contribution in [0.25, 0.3) is 0 Å². The smallest absolute Gasteiger partial charge is 0.289 e. The number of amides is 2. The van der Waals surface area contributed by atoms with E-state index in [2.05, 4.69) is 10.3 Å². The summed E-state index contributed by atoms with van der Waals surface area (Å²) in [6.45, 7) is 2.48. The lowest BCUT2D eigenvalue weighted by molar-refractivity contribution is -0.119. The minimum atomic E-state index is -0.148. The molecule has 2 atom stereocenters. The maximum Gasteiger partial charge on any atom is 0.289 e. The molecule has 0 saturated carbocycles. The summed E-state index contributed by atoms with van der Waals surface area (Å²) in [5.74, 6) is 1.12. The second-order valence-corrected chi connectivity index (χ2v) is 6.94. The highest BCUT2D eigenvalue weighted by molar-refractivity contribution is 5.94. The van der Waals surface area contributed by atoms with Crippen molar-refractivity contribution in [3.05, 3.63) is 41.4 Å². The van der Waals surface area contributed by atoms with E-state index in [0.29, 0.717) is 18.8 Å². The molecule has 7 heteroatoms. The minimum Gasteiger partial charge on any atom is -0.459 e. The lowest BCUT2D eigenvalue weighted by atomic mass is 10.0. The molecule has 25 heavy (non-hydrogen) atoms. The topological polar surface area (TPSA) is 80.4 Å². The summed E-state index contributed by atoms with van der Waals surface area (Å²) in [4.78, 5) is 30.8. The number of hydrogen-bond acceptors (Lipinski definition) is 4. The zero-order chi connectivity index (χ0) is 17.6. The molecule has 132 valence electrons. The van der Waals surface area contributed by atoms with Gasteiger partial charge >= 0.3 is 0 Å². The van der Waals surface area contributed by atoms with Gasteiger partial charge in [0.1, 0.15) is 5.82 Å². The molecule has 0 unspecified atom stereocenters. The van der Waals surface area contributed by atoms with Gasteiger partial charge in [-0.25, -0.2) is 4.98 Å². The lowest BCUT2D eigenvalue weighted by Gasteiger charge is -2.18. The van der Waals surface area contributed by atoms with Gasteiger partial charge in [-0.1, -0.05) is 0 Å². The number of nitrogens with one attached hydrogen (secondary N) is 1. The molecule has 2 aromatic rings. The van der Waals surface area contributed by atoms with E-state index in [-0.39, 0.29) is 23.8 Å². The Bertz CT molecular complexity index is 822. The molecule has 0 aromatic carbocycles. The van der Waals surface area contributed by atoms with Crippen LogP contribution in [0.4, 0.5) is 0 Å². The van der Waals surface area contributed by atoms with Gasteiger partial charge in [-0.15, -0.1) is 0 Å². The average molecular weight is 342 g/mol. The van der Waals surface area contributed by atoms with Crippen molar-refractivity contribution in [2.24, 2.45) is 7.05 Å². The Morgan fingerprint density at radius 1 is 1.32 bits per heavy atom. The van der Waals surface area contributed by atoms with Crippen molar-refractivity contribution in [3.8, 4) is 0 Å². The Hall–Kier alpha value is -2.57. The van der Waals surface area contributed by atoms with Crippen molar-refractivity contribution in [1.29, 1.82) is 0 Å². The van der Waals surface area contributed by atoms with E-state index in [1.165, 1.54) is 6.92 Å². The fourth-order valence-corrected chi connectivity index (χ4v) is 4.05. The van der Waals surface area contributed by atoms with Crippen molar-refractivity contribution in [1.82, 2.24) is 19.8 Å². The molecule has 2 aliphatic rings. The monoisotopic (exact) mass is 342 g/mol. The van der Waals surface area contributed by atoms with Crippen LogP contribution < -0.4 is 5.32 Å². The number of likely N-dealkylation sites (tertiary alicyclic amines) is 1. The summed E-state index contributed by atoms with van der Waals surface area (Å²) >= 11 is 0. The van der Waals surface area contributed by atoms with Gasteiger partial charge in [-0.3, -0.25) is 9.59 Å². The van der Waals surface area contributed by atoms with E-state index in [1.54, 1.807) is 17.4 Å². The third-order valence-corrected chi connectivity index (χ3v) is 5.23. The molecule has 2 aromatic heterocycles. The summed E-state index contributed by atoms with van der Waals surface area (Å²) < 4.78 is 7.52. The number of carbonyl (C=O) groups is 2. The molecule has 1 fully saturated rings. The first kappa shape index (κ1) is 15.9. The van der Waals surface area contributed by atoms with Crippen molar-refractivity contribution in [3.63, 3.8) is 0 Å². The fraction of sp³-hybridized carbons (Fsp3) is 0.500. The van der Waals surface area contributed by atoms with Crippen molar-refractivity contribution >= 4 is 11.8 Å². The zero-order valence-corrected chi connectivity index (χ0v) is 14.5. The molecule has 2 amide bonds. The Balaban J connectivity index is 1.59. The zero-order valence-electron chi connectivity index (χ0n) is 14.5. The number of imidazole rings is 1. The summed E-state index contributed by atoms with van der Waals surface area (Å²) in [7, 11) is 1.93. The van der Waals surface area contributed by atoms with Crippen LogP contribution in [0, 0.1) is 0 Å². The Morgan fingerprint density at radius 2 is 2.16 bits per heavy atom. The quantitative estimate of drug-likeness (QED) is 0.910. The maximum absolute atomic E-state index is 13.0. The van der Waals surface area contributed by atoms with Crippen LogP contribution in [0.3, 0.4) is 0 Å². The molecule has 0 bridgehead atoms. The predicted molar refractivity (Wildman–Crippen MR) is 90.2 cm³/mol. The fourth-order valence-electron chi connectivity index (χ4n) is 4.05. The molecular weight excluding hydrogens is 320 g/mol. The van der Waals surface area contributed by atoms with Gasteiger partial charge in [0, 0.05) is 45.0 Å². The van der Waals surface area contributed by atoms with Crippen LogP contribution in [0.5, 0.6) is 0 Å². The van der Waals surface area contributed by atoms with E-state index in [1.807, 2.05) is 17.8 Å². The predicted octanol–water partition coefficient (Wildman–Crippen LogP) is 1.25. The molecule has 0 radical (unpaired) electrons. The lowest BCUT2D eigenvalue weighted by Crippen LogP contribution is -2.39. The van der Waals surface area contributed by atoms with Gasteiger partial charge in [0.2, 0.25) is 5.91 Å². The van der Waals surface area contributed by atoms with E-state index >= 15 is 0 Å². The number of nitrogens with zero attached hydrogens (tertiary/aromatic N) is 3. The number of furan rings is 1. The second kappa shape index (κ2) is 6.06. The highest BCUT2D eigenvalue weighted by Gasteiger charge is 2.40. The number of rotatable bonds is 3. The van der Waals surface area contributed by atoms with E-state index in [9.17, 15) is 9.59 Å². The standard InChI is InChI=1S/C18H22N4O3/c1-11(23)20-15-9-22(8-14(15)17-19-6-7-21(17)2)18(24)16-13-5-3-4-12(13)10-25-16/h6-7,10,14-15H,3-5,8-9H2,1-2H3,(H,20,23)/t14-,15-/m1/s1. The summed E-state index contributed by atoms with van der Waals surface area (Å²) in [5.41, 5.74) is 2.21. The van der Waals surface area contributed by atoms with Crippen LogP contribution in [-0.4, -0.2) is 45.4 Å². The largest absolute Gasteiger partial charge is 0.459 e. The van der Waals surface area contributed by atoms with Crippen LogP contribution in [0.2, 0.25) is 0 Å². The first-order valence-electron chi connectivity index (χ1n) is 8.67. The summed E-state index contributed by atoms with van der Waals surface area (Å²) in [6.07, 6.45) is 8.29. The average Bonchev–Trinajstić information content (AvgIpc) is 3.29. The molecule has 1 N–H and O–H groups in total. The van der Waals surface area contributed by atoms with Crippen LogP contribution >= 0.6 is 0 Å². The molecule has 1 aliphatic heterocycles. The van der Waals surface area contributed by atoms with Crippen LogP contribution in [0.1, 0.15) is 46.8 Å². The maximum atomic E-state index is 13.0. The minimum absolute atomic E-state index is 0.0316. The Kier molecular flexibility index (Phi) is 3.86. The van der Waals surface area contributed by atoms with Gasteiger partial charge in [0.15, 0.2) is 5.76 Å². The highest BCUT2D eigenvalue weighted by atomic mass is 16.3. The highest BCUT2D eigenvalue weighted by Crippen LogP contribution is 2.31. The van der Waals surface area contributed by atoms with Gasteiger partial charge in [-0.2, -0.15) is 0 Å². The SMILES string of the molecule is CC(=O)N[C@@H]1CN(C(=O)c2occ3c2CCC3)C[C@H]1c1nccn1C. The first-order chi connectivity index (χ1) is 12.0. The van der Waals surface area contributed by atoms with Crippen molar-refractivity contribution in [2.75, 3.05) is 13.1 Å². The molecule has 1 saturated heterocycles. The number of aryl methyl sites for hydroxylation is 2. The Morgan fingerprint density at radius 3 is 2.88 bits per heavy atom. The van der Waals surface area contributed by atoms with Gasteiger partial charge in [0.05, 0.1) is 18.2 Å². The third-order valence-electron chi connectivity index (χ3n) is 5.23. The molecule has 4 rings (SSSR count). The van der Waals surface area contributed by atoms with Gasteiger partial charge in [-0.05, 0) is 24.8 Å². The number of hydrogen-bond donors (Lipinski definition) is 1. The van der Waals surface area contributed by atoms with E-state index < -0.39 is 0 Å². The molecule has 3 heterocycles. The molecular formula is C18H22N4O3. The normalized spacial score (nSPS) is 22.2. The van der Waals surface area contributed by atoms with Gasteiger partial charge in [0.25, 0.3) is 5.91 Å². The van der Waals surface area contributed by atoms with E-state index in [0.717, 1.165) is 36.2 Å². The van der Waals surface area contributed by atoms with Gasteiger partial charge < -0.3 is 19.2 Å². The summed E-state index contributed by atoms with van der Waals surface area (Å²) in [6, 6.07) is -0.148. The number of aromatic nitrogens is 2. The van der Waals surface area contributed by atoms with Crippen molar-refractivity contribution < 1.29 is 14.0 Å². The third kappa shape index (κ3) is 2.73. The molecule has 0 spiro atoms.